The van der Waals surface area contributed by atoms with E-state index >= 15 is 0 Å². The second-order valence-corrected chi connectivity index (χ2v) is 7.81. The number of aliphatic carboxylic acids is 1. The molecule has 9 nitrogen and oxygen atoms in total. The van der Waals surface area contributed by atoms with Crippen molar-refractivity contribution < 1.29 is 29.4 Å². The lowest BCUT2D eigenvalue weighted by molar-refractivity contribution is -0.163. The first-order chi connectivity index (χ1) is 11.8. The third kappa shape index (κ3) is 2.60. The summed E-state index contributed by atoms with van der Waals surface area (Å²) in [5, 5.41) is 21.7. The van der Waals surface area contributed by atoms with E-state index in [1.54, 1.807) is 0 Å². The summed E-state index contributed by atoms with van der Waals surface area (Å²) in [4.78, 5) is 47.8. The van der Waals surface area contributed by atoms with Crippen molar-refractivity contribution in [1.29, 1.82) is 0 Å². The predicted octanol–water partition coefficient (Wildman–Crippen LogP) is -0.913. The van der Waals surface area contributed by atoms with Crippen LogP contribution in [0.1, 0.15) is 13.8 Å². The Balaban J connectivity index is 1.85. The summed E-state index contributed by atoms with van der Waals surface area (Å²) in [6, 6.07) is -0.369. The maximum atomic E-state index is 12.3. The fraction of sp³-hybridized carbons (Fsp3) is 0.600. The van der Waals surface area contributed by atoms with Gasteiger partial charge in [0.25, 0.3) is 0 Å². The summed E-state index contributed by atoms with van der Waals surface area (Å²) in [5.74, 6) is -2.41. The summed E-state index contributed by atoms with van der Waals surface area (Å²) < 4.78 is 0. The molecule has 0 aromatic heterocycles. The van der Waals surface area contributed by atoms with E-state index in [4.69, 9.17) is 0 Å². The first-order valence-corrected chi connectivity index (χ1v) is 8.78. The van der Waals surface area contributed by atoms with Gasteiger partial charge in [0.15, 0.2) is 0 Å². The fourth-order valence-corrected chi connectivity index (χ4v) is 5.29. The van der Waals surface area contributed by atoms with Gasteiger partial charge >= 0.3 is 5.97 Å². The molecule has 136 valence electrons. The number of amides is 3. The lowest BCUT2D eigenvalue weighted by Gasteiger charge is -2.46. The van der Waals surface area contributed by atoms with E-state index < -0.39 is 18.0 Å². The zero-order chi connectivity index (χ0) is 18.5. The van der Waals surface area contributed by atoms with Crippen molar-refractivity contribution in [1.82, 2.24) is 14.9 Å². The SMILES string of the molecule is C[C@@H](O)[C@H]1C(=O)N2C(C(=O)O)=C(SC3CN(C=O)N(C=O)C3)[C@H](C)[C@H]12. The number of carboxylic acids is 1. The minimum Gasteiger partial charge on any atom is -0.477 e. The number of β-lactam (4-membered cyclic amide) rings is 1. The highest BCUT2D eigenvalue weighted by atomic mass is 32.2. The Morgan fingerprint density at radius 2 is 1.84 bits per heavy atom. The number of carbonyl (C=O) groups is 4. The number of rotatable bonds is 6. The molecule has 4 atom stereocenters. The molecule has 25 heavy (non-hydrogen) atoms. The van der Waals surface area contributed by atoms with Crippen molar-refractivity contribution in [3.63, 3.8) is 0 Å². The minimum absolute atomic E-state index is 0.0494. The number of hydrogen-bond donors (Lipinski definition) is 2. The average molecular weight is 369 g/mol. The Labute approximate surface area is 148 Å². The smallest absolute Gasteiger partial charge is 0.353 e. The standard InChI is InChI=1S/C15H19N3O6S/c1-7-11-10(8(2)21)14(22)18(11)12(15(23)24)13(7)25-9-3-16(5-19)17(4-9)6-20/h5-11,21H,3-4H2,1-2H3,(H,23,24)/t7-,8-,10-,11-/m1/s1. The number of fused-ring (bicyclic) bond motifs is 1. The molecule has 0 aromatic rings. The third-order valence-corrected chi connectivity index (χ3v) is 6.41. The van der Waals surface area contributed by atoms with Crippen molar-refractivity contribution in [2.45, 2.75) is 31.2 Å². The van der Waals surface area contributed by atoms with E-state index in [9.17, 15) is 29.4 Å². The molecule has 10 heteroatoms. The number of hydrogen-bond acceptors (Lipinski definition) is 6. The van der Waals surface area contributed by atoms with Gasteiger partial charge in [-0.2, -0.15) is 0 Å². The highest BCUT2D eigenvalue weighted by molar-refractivity contribution is 8.03. The number of hydrazine groups is 1. The number of thioether (sulfide) groups is 1. The van der Waals surface area contributed by atoms with Gasteiger partial charge < -0.3 is 15.1 Å². The zero-order valence-electron chi connectivity index (χ0n) is 13.7. The van der Waals surface area contributed by atoms with E-state index in [2.05, 4.69) is 0 Å². The number of nitrogens with zero attached hydrogens (tertiary/aromatic N) is 3. The number of aliphatic hydroxyl groups is 1. The Kier molecular flexibility index (Phi) is 4.50. The van der Waals surface area contributed by atoms with Crippen LogP contribution >= 0.6 is 11.8 Å². The minimum atomic E-state index is -1.19. The maximum absolute atomic E-state index is 12.3. The molecule has 0 unspecified atom stereocenters. The van der Waals surface area contributed by atoms with Gasteiger partial charge in [-0.1, -0.05) is 6.92 Å². The molecule has 2 fully saturated rings. The van der Waals surface area contributed by atoms with Crippen LogP contribution in [0.2, 0.25) is 0 Å². The monoisotopic (exact) mass is 369 g/mol. The van der Waals surface area contributed by atoms with Gasteiger partial charge in [-0.25, -0.2) is 4.79 Å². The van der Waals surface area contributed by atoms with Crippen LogP contribution in [0, 0.1) is 11.8 Å². The molecule has 3 rings (SSSR count). The molecular formula is C15H19N3O6S. The Morgan fingerprint density at radius 1 is 1.28 bits per heavy atom. The molecule has 3 aliphatic rings. The second kappa shape index (κ2) is 6.34. The first kappa shape index (κ1) is 17.7. The molecule has 0 aliphatic carbocycles. The molecular weight excluding hydrogens is 350 g/mol. The zero-order valence-corrected chi connectivity index (χ0v) is 14.5. The molecule has 2 N–H and O–H groups in total. The lowest BCUT2D eigenvalue weighted by atomic mass is 9.79. The van der Waals surface area contributed by atoms with Gasteiger partial charge in [0.2, 0.25) is 18.7 Å². The summed E-state index contributed by atoms with van der Waals surface area (Å²) in [6.07, 6.45) is 0.262. The molecule has 3 heterocycles. The van der Waals surface area contributed by atoms with Crippen molar-refractivity contribution in [2.75, 3.05) is 13.1 Å². The van der Waals surface area contributed by atoms with E-state index in [0.717, 1.165) is 0 Å². The predicted molar refractivity (Wildman–Crippen MR) is 86.5 cm³/mol. The van der Waals surface area contributed by atoms with Crippen molar-refractivity contribution >= 4 is 36.5 Å². The van der Waals surface area contributed by atoms with E-state index in [0.29, 0.717) is 17.7 Å². The molecule has 0 bridgehead atoms. The Bertz CT molecular complexity index is 650. The summed E-state index contributed by atoms with van der Waals surface area (Å²) in [6.45, 7) is 3.93. The maximum Gasteiger partial charge on any atom is 0.353 e. The van der Waals surface area contributed by atoms with Gasteiger partial charge in [0, 0.05) is 16.1 Å². The average Bonchev–Trinajstić information content (AvgIpc) is 3.05. The highest BCUT2D eigenvalue weighted by Gasteiger charge is 2.60. The third-order valence-electron chi connectivity index (χ3n) is 4.96. The topological polar surface area (TPSA) is 118 Å². The van der Waals surface area contributed by atoms with Crippen LogP contribution in [0.3, 0.4) is 0 Å². The van der Waals surface area contributed by atoms with Crippen LogP contribution in [-0.4, -0.2) is 80.3 Å². The number of carbonyl (C=O) groups excluding carboxylic acids is 3. The van der Waals surface area contributed by atoms with Crippen molar-refractivity contribution in [2.24, 2.45) is 11.8 Å². The van der Waals surface area contributed by atoms with Crippen LogP contribution in [0.15, 0.2) is 10.6 Å². The summed E-state index contributed by atoms with van der Waals surface area (Å²) in [5.41, 5.74) is -0.0494. The van der Waals surface area contributed by atoms with Gasteiger partial charge in [-0.05, 0) is 6.92 Å². The van der Waals surface area contributed by atoms with Crippen LogP contribution in [-0.2, 0) is 19.2 Å². The molecule has 2 saturated heterocycles. The largest absolute Gasteiger partial charge is 0.477 e. The number of aliphatic hydroxyl groups excluding tert-OH is 1. The number of carboxylic acid groups (broad SMARTS) is 1. The highest BCUT2D eigenvalue weighted by Crippen LogP contribution is 2.51. The van der Waals surface area contributed by atoms with Crippen LogP contribution in [0.4, 0.5) is 0 Å². The van der Waals surface area contributed by atoms with Crippen molar-refractivity contribution in [3.8, 4) is 0 Å². The van der Waals surface area contributed by atoms with E-state index in [1.807, 2.05) is 6.92 Å². The quantitative estimate of drug-likeness (QED) is 0.459. The second-order valence-electron chi connectivity index (χ2n) is 6.47. The molecule has 3 aliphatic heterocycles. The Morgan fingerprint density at radius 3 is 2.28 bits per heavy atom. The normalized spacial score (nSPS) is 30.4. The lowest BCUT2D eigenvalue weighted by Crippen LogP contribution is -2.63. The molecule has 0 aromatic carbocycles. The summed E-state index contributed by atoms with van der Waals surface area (Å²) in [7, 11) is 0. The van der Waals surface area contributed by atoms with Crippen LogP contribution in [0.25, 0.3) is 0 Å². The molecule has 0 saturated carbocycles. The van der Waals surface area contributed by atoms with Crippen LogP contribution < -0.4 is 0 Å². The van der Waals surface area contributed by atoms with Crippen LogP contribution in [0.5, 0.6) is 0 Å². The van der Waals surface area contributed by atoms with E-state index in [-0.39, 0.29) is 41.9 Å². The van der Waals surface area contributed by atoms with E-state index in [1.165, 1.54) is 33.6 Å². The van der Waals surface area contributed by atoms with Gasteiger partial charge in [-0.3, -0.25) is 24.4 Å². The van der Waals surface area contributed by atoms with Gasteiger partial charge in [0.05, 0.1) is 31.2 Å². The molecule has 3 amide bonds. The van der Waals surface area contributed by atoms with Crippen molar-refractivity contribution in [3.05, 3.63) is 10.6 Å². The molecule has 0 spiro atoms. The van der Waals surface area contributed by atoms with Gasteiger partial charge in [0.1, 0.15) is 5.70 Å². The fourth-order valence-electron chi connectivity index (χ4n) is 3.82. The molecule has 0 radical (unpaired) electrons. The Hall–Kier alpha value is -2.07. The van der Waals surface area contributed by atoms with Gasteiger partial charge in [-0.15, -0.1) is 11.8 Å². The first-order valence-electron chi connectivity index (χ1n) is 7.90. The summed E-state index contributed by atoms with van der Waals surface area (Å²) >= 11 is 1.28.